The number of aromatic nitrogens is 1. The highest BCUT2D eigenvalue weighted by Crippen LogP contribution is 2.24. The number of carbonyl (C=O) groups excluding carboxylic acids is 1. The van der Waals surface area contributed by atoms with Gasteiger partial charge in [-0.15, -0.1) is 0 Å². The van der Waals surface area contributed by atoms with E-state index in [-0.39, 0.29) is 17.5 Å². The van der Waals surface area contributed by atoms with E-state index in [0.717, 1.165) is 17.5 Å². The van der Waals surface area contributed by atoms with Crippen LogP contribution in [-0.2, 0) is 6.54 Å². The molecule has 2 heterocycles. The zero-order chi connectivity index (χ0) is 19.7. The number of pyridine rings is 1. The molecule has 3 aromatic rings. The lowest BCUT2D eigenvalue weighted by atomic mass is 10.00. The van der Waals surface area contributed by atoms with E-state index in [4.69, 9.17) is 4.42 Å². The molecule has 0 bridgehead atoms. The summed E-state index contributed by atoms with van der Waals surface area (Å²) in [4.78, 5) is 25.8. The number of amides is 1. The van der Waals surface area contributed by atoms with Gasteiger partial charge in [-0.25, -0.2) is 0 Å². The van der Waals surface area contributed by atoms with Crippen LogP contribution in [-0.4, -0.2) is 10.5 Å². The van der Waals surface area contributed by atoms with Crippen molar-refractivity contribution in [2.75, 3.05) is 0 Å². The van der Waals surface area contributed by atoms with Crippen molar-refractivity contribution in [2.45, 2.75) is 53.6 Å². The van der Waals surface area contributed by atoms with E-state index >= 15 is 0 Å². The fourth-order valence-corrected chi connectivity index (χ4v) is 3.61. The van der Waals surface area contributed by atoms with Gasteiger partial charge in [-0.2, -0.15) is 0 Å². The van der Waals surface area contributed by atoms with Crippen LogP contribution >= 0.6 is 0 Å². The highest BCUT2D eigenvalue weighted by atomic mass is 16.3. The summed E-state index contributed by atoms with van der Waals surface area (Å²) in [5, 5.41) is 3.38. The summed E-state index contributed by atoms with van der Waals surface area (Å²) in [6.45, 7) is 10.4. The molecule has 0 aliphatic carbocycles. The lowest BCUT2D eigenvalue weighted by Crippen LogP contribution is -2.29. The molecule has 0 aliphatic rings. The number of carbonyl (C=O) groups is 1. The third-order valence-corrected chi connectivity index (χ3v) is 4.92. The number of hydrogen-bond acceptors (Lipinski definition) is 3. The standard InChI is InChI=1S/C22H26N2O3/c1-6-10-24-11-9-18-20(22(24)26)19(16(5)27-18)21(25)23-15(4)17-8-7-13(2)12-14(17)3/h7-9,11-12,15H,6,10H2,1-5H3,(H,23,25)/t15-/m0/s1. The Kier molecular flexibility index (Phi) is 5.22. The highest BCUT2D eigenvalue weighted by molar-refractivity contribution is 6.07. The molecule has 3 rings (SSSR count). The van der Waals surface area contributed by atoms with Gasteiger partial charge in [0.1, 0.15) is 11.3 Å². The lowest BCUT2D eigenvalue weighted by molar-refractivity contribution is 0.0939. The molecule has 0 saturated carbocycles. The molecule has 0 unspecified atom stereocenters. The fourth-order valence-electron chi connectivity index (χ4n) is 3.61. The SMILES string of the molecule is CCCn1ccc2oc(C)c(C(=O)N[C@@H](C)c3ccc(C)cc3C)c2c1=O. The summed E-state index contributed by atoms with van der Waals surface area (Å²) in [5.41, 5.74) is 3.97. The van der Waals surface area contributed by atoms with E-state index in [1.165, 1.54) is 5.56 Å². The molecular weight excluding hydrogens is 340 g/mol. The first-order valence-corrected chi connectivity index (χ1v) is 9.34. The smallest absolute Gasteiger partial charge is 0.262 e. The van der Waals surface area contributed by atoms with E-state index in [9.17, 15) is 9.59 Å². The Hall–Kier alpha value is -2.82. The molecule has 1 atom stereocenters. The number of nitrogens with zero attached hydrogens (tertiary/aromatic N) is 1. The van der Waals surface area contributed by atoms with Gasteiger partial charge in [0.15, 0.2) is 0 Å². The molecule has 2 aromatic heterocycles. The maximum atomic E-state index is 13.0. The monoisotopic (exact) mass is 366 g/mol. The Bertz CT molecular complexity index is 1060. The Balaban J connectivity index is 1.99. The summed E-state index contributed by atoms with van der Waals surface area (Å²) < 4.78 is 7.31. The van der Waals surface area contributed by atoms with Crippen molar-refractivity contribution >= 4 is 16.9 Å². The van der Waals surface area contributed by atoms with Gasteiger partial charge in [0.25, 0.3) is 11.5 Å². The minimum atomic E-state index is -0.287. The van der Waals surface area contributed by atoms with Gasteiger partial charge in [-0.1, -0.05) is 30.7 Å². The van der Waals surface area contributed by atoms with Crippen molar-refractivity contribution < 1.29 is 9.21 Å². The van der Waals surface area contributed by atoms with Crippen molar-refractivity contribution in [3.05, 3.63) is 68.8 Å². The van der Waals surface area contributed by atoms with Gasteiger partial charge < -0.3 is 14.3 Å². The minimum Gasteiger partial charge on any atom is -0.460 e. The second-order valence-corrected chi connectivity index (χ2v) is 7.14. The average Bonchev–Trinajstić information content (AvgIpc) is 2.94. The van der Waals surface area contributed by atoms with Crippen molar-refractivity contribution in [3.8, 4) is 0 Å². The molecule has 5 nitrogen and oxygen atoms in total. The molecule has 0 saturated heterocycles. The van der Waals surface area contributed by atoms with Crippen LogP contribution in [0.5, 0.6) is 0 Å². The van der Waals surface area contributed by atoms with Crippen LogP contribution in [0.4, 0.5) is 0 Å². The Morgan fingerprint density at radius 1 is 1.22 bits per heavy atom. The maximum Gasteiger partial charge on any atom is 0.262 e. The van der Waals surface area contributed by atoms with Gasteiger partial charge in [0.05, 0.1) is 17.0 Å². The first kappa shape index (κ1) is 19.0. The molecule has 142 valence electrons. The first-order chi connectivity index (χ1) is 12.8. The van der Waals surface area contributed by atoms with Gasteiger partial charge in [-0.3, -0.25) is 9.59 Å². The van der Waals surface area contributed by atoms with E-state index in [1.807, 2.05) is 39.8 Å². The van der Waals surface area contributed by atoms with Crippen LogP contribution in [0.25, 0.3) is 11.0 Å². The van der Waals surface area contributed by atoms with Crippen LogP contribution in [0.3, 0.4) is 0 Å². The van der Waals surface area contributed by atoms with E-state index in [0.29, 0.717) is 28.8 Å². The summed E-state index contributed by atoms with van der Waals surface area (Å²) in [7, 11) is 0. The quantitative estimate of drug-likeness (QED) is 0.727. The molecule has 0 aliphatic heterocycles. The van der Waals surface area contributed by atoms with Crippen LogP contribution in [0.1, 0.15) is 59.1 Å². The third kappa shape index (κ3) is 3.54. The molecule has 0 fully saturated rings. The van der Waals surface area contributed by atoms with Crippen LogP contribution in [0.15, 0.2) is 39.7 Å². The molecule has 0 radical (unpaired) electrons. The molecule has 27 heavy (non-hydrogen) atoms. The van der Waals surface area contributed by atoms with Gasteiger partial charge in [0, 0.05) is 12.7 Å². The molecule has 1 amide bonds. The average molecular weight is 366 g/mol. The largest absolute Gasteiger partial charge is 0.460 e. The van der Waals surface area contributed by atoms with Crippen molar-refractivity contribution in [3.63, 3.8) is 0 Å². The van der Waals surface area contributed by atoms with Gasteiger partial charge >= 0.3 is 0 Å². The predicted octanol–water partition coefficient (Wildman–Crippen LogP) is 4.42. The first-order valence-electron chi connectivity index (χ1n) is 9.34. The Morgan fingerprint density at radius 2 is 1.96 bits per heavy atom. The Morgan fingerprint density at radius 3 is 2.63 bits per heavy atom. The second kappa shape index (κ2) is 7.43. The van der Waals surface area contributed by atoms with Crippen LogP contribution in [0, 0.1) is 20.8 Å². The zero-order valence-corrected chi connectivity index (χ0v) is 16.6. The topological polar surface area (TPSA) is 64.2 Å². The van der Waals surface area contributed by atoms with E-state index < -0.39 is 0 Å². The normalized spacial score (nSPS) is 12.3. The molecule has 5 heteroatoms. The summed E-state index contributed by atoms with van der Waals surface area (Å²) >= 11 is 0. The maximum absolute atomic E-state index is 13.0. The number of furan rings is 1. The number of rotatable bonds is 5. The highest BCUT2D eigenvalue weighted by Gasteiger charge is 2.23. The second-order valence-electron chi connectivity index (χ2n) is 7.14. The summed E-state index contributed by atoms with van der Waals surface area (Å²) in [6, 6.07) is 7.74. The minimum absolute atomic E-state index is 0.177. The van der Waals surface area contributed by atoms with Crippen molar-refractivity contribution in [1.29, 1.82) is 0 Å². The van der Waals surface area contributed by atoms with E-state index in [1.54, 1.807) is 23.8 Å². The number of hydrogen-bond donors (Lipinski definition) is 1. The fraction of sp³-hybridized carbons (Fsp3) is 0.364. The number of aryl methyl sites for hydroxylation is 4. The number of fused-ring (bicyclic) bond motifs is 1. The number of nitrogens with one attached hydrogen (secondary N) is 1. The van der Waals surface area contributed by atoms with Gasteiger partial charge in [0.2, 0.25) is 0 Å². The van der Waals surface area contributed by atoms with Crippen molar-refractivity contribution in [1.82, 2.24) is 9.88 Å². The molecule has 0 spiro atoms. The van der Waals surface area contributed by atoms with Gasteiger partial charge in [-0.05, 0) is 51.3 Å². The molecule has 1 aromatic carbocycles. The summed E-state index contributed by atoms with van der Waals surface area (Å²) in [5.74, 6) is 0.173. The third-order valence-electron chi connectivity index (χ3n) is 4.92. The Labute approximate surface area is 159 Å². The lowest BCUT2D eigenvalue weighted by Gasteiger charge is -2.17. The molecule has 1 N–H and O–H groups in total. The summed E-state index contributed by atoms with van der Waals surface area (Å²) in [6.07, 6.45) is 2.56. The predicted molar refractivity (Wildman–Crippen MR) is 107 cm³/mol. The van der Waals surface area contributed by atoms with Crippen molar-refractivity contribution in [2.24, 2.45) is 0 Å². The van der Waals surface area contributed by atoms with Crippen LogP contribution < -0.4 is 10.9 Å². The van der Waals surface area contributed by atoms with Crippen LogP contribution in [0.2, 0.25) is 0 Å². The molecular formula is C22H26N2O3. The number of benzene rings is 1. The van der Waals surface area contributed by atoms with E-state index in [2.05, 4.69) is 11.4 Å². The zero-order valence-electron chi connectivity index (χ0n) is 16.6.